The van der Waals surface area contributed by atoms with Gasteiger partial charge in [0.15, 0.2) is 18.9 Å². The molecule has 4 aliphatic rings. The van der Waals surface area contributed by atoms with Gasteiger partial charge in [0.1, 0.15) is 73.2 Å². The number of carbonyl (C=O) groups is 4. The molecule has 4 heterocycles. The molecule has 4 saturated heterocycles. The summed E-state index contributed by atoms with van der Waals surface area (Å²) in [5, 5.41) is 106. The van der Waals surface area contributed by atoms with Gasteiger partial charge in [0, 0.05) is 32.2 Å². The van der Waals surface area contributed by atoms with Gasteiger partial charge in [-0.3, -0.25) is 14.4 Å². The van der Waals surface area contributed by atoms with Gasteiger partial charge < -0.3 is 89.6 Å². The molecule has 15 atom stereocenters. The lowest BCUT2D eigenvalue weighted by Crippen LogP contribution is -2.65. The number of hydrogen-bond donors (Lipinski definition) is 11. The van der Waals surface area contributed by atoms with Crippen LogP contribution in [0.2, 0.25) is 0 Å². The van der Waals surface area contributed by atoms with Gasteiger partial charge in [0.2, 0.25) is 5.91 Å². The van der Waals surface area contributed by atoms with Crippen LogP contribution >= 0.6 is 0 Å². The van der Waals surface area contributed by atoms with Crippen LogP contribution in [0.15, 0.2) is 0 Å². The Balaban J connectivity index is 1.11. The first-order valence-electron chi connectivity index (χ1n) is 22.0. The number of nitrogens with one attached hydrogen (secondary N) is 1. The van der Waals surface area contributed by atoms with Crippen molar-refractivity contribution in [2.75, 3.05) is 33.0 Å². The van der Waals surface area contributed by atoms with Gasteiger partial charge >= 0.3 is 5.97 Å². The zero-order valence-corrected chi connectivity index (χ0v) is 35.4. The van der Waals surface area contributed by atoms with Gasteiger partial charge in [0.25, 0.3) is 11.8 Å². The fraction of sp³-hybridized carbons (Fsp3) is 0.900. The molecule has 0 aromatic carbocycles. The van der Waals surface area contributed by atoms with Crippen LogP contribution in [0.4, 0.5) is 0 Å². The molecule has 0 aromatic heterocycles. The third-order valence-corrected chi connectivity index (χ3v) is 11.5. The van der Waals surface area contributed by atoms with Crippen LogP contribution in [-0.4, -0.2) is 205 Å². The van der Waals surface area contributed by atoms with E-state index in [9.17, 15) is 70.2 Å². The summed E-state index contributed by atoms with van der Waals surface area (Å²) >= 11 is 0. The van der Waals surface area contributed by atoms with Gasteiger partial charge in [-0.25, -0.2) is 4.79 Å². The Morgan fingerprint density at radius 1 is 0.556 bits per heavy atom. The van der Waals surface area contributed by atoms with E-state index >= 15 is 0 Å². The molecule has 4 rings (SSSR count). The van der Waals surface area contributed by atoms with Crippen LogP contribution < -0.4 is 5.32 Å². The van der Waals surface area contributed by atoms with Crippen LogP contribution in [0.5, 0.6) is 0 Å². The van der Waals surface area contributed by atoms with Crippen LogP contribution in [0.25, 0.3) is 0 Å². The number of hydroxylamine groups is 2. The summed E-state index contributed by atoms with van der Waals surface area (Å²) in [6.45, 7) is -2.29. The second-order valence-corrected chi connectivity index (χ2v) is 16.4. The molecule has 0 radical (unpaired) electrons. The maximum absolute atomic E-state index is 12.5. The van der Waals surface area contributed by atoms with Crippen molar-refractivity contribution in [1.29, 1.82) is 0 Å². The molecule has 0 aliphatic carbocycles. The molecule has 0 bridgehead atoms. The molecule has 11 N–H and O–H groups in total. The molecule has 0 unspecified atom stereocenters. The molecule has 0 spiro atoms. The number of rotatable bonds is 27. The maximum Gasteiger partial charge on any atom is 0.333 e. The molecule has 4 aliphatic heterocycles. The van der Waals surface area contributed by atoms with Crippen LogP contribution in [0.3, 0.4) is 0 Å². The molecule has 0 aromatic rings. The van der Waals surface area contributed by atoms with E-state index in [4.69, 9.17) is 33.3 Å². The lowest BCUT2D eigenvalue weighted by molar-refractivity contribution is -0.366. The zero-order chi connectivity index (χ0) is 46.1. The third kappa shape index (κ3) is 15.8. The highest BCUT2D eigenvalue weighted by Gasteiger charge is 2.52. The molecule has 0 saturated carbocycles. The van der Waals surface area contributed by atoms with Crippen molar-refractivity contribution < 1.29 is 104 Å². The van der Waals surface area contributed by atoms with Crippen molar-refractivity contribution in [3.05, 3.63) is 0 Å². The van der Waals surface area contributed by atoms with Crippen LogP contribution in [0.1, 0.15) is 103 Å². The largest absolute Gasteiger partial charge is 0.394 e. The van der Waals surface area contributed by atoms with E-state index in [0.717, 1.165) is 64.2 Å². The Labute approximate surface area is 365 Å². The van der Waals surface area contributed by atoms with Gasteiger partial charge in [-0.1, -0.05) is 64.2 Å². The van der Waals surface area contributed by atoms with E-state index in [1.54, 1.807) is 0 Å². The zero-order valence-electron chi connectivity index (χ0n) is 35.4. The van der Waals surface area contributed by atoms with Gasteiger partial charge in [-0.2, -0.15) is 0 Å². The first kappa shape index (κ1) is 53.1. The fourth-order valence-corrected chi connectivity index (χ4v) is 7.65. The summed E-state index contributed by atoms with van der Waals surface area (Å²) < 4.78 is 33.4. The minimum Gasteiger partial charge on any atom is -0.394 e. The summed E-state index contributed by atoms with van der Waals surface area (Å²) in [4.78, 5) is 52.3. The number of hydrogen-bond acceptors (Lipinski definition) is 21. The number of aliphatic hydroxyl groups is 10. The SMILES string of the molecule is O=C(CCCCCCCCCCCCCCC(=O)ON1C(=O)CCC1=O)NCCO[C@H]1O[C@H](CO[C@H]2O[C@H](CO)[C@@H](O)[C@H](O)[C@@H]2O)[C@@H](O)[C@H](O[C@H]2O[C@H](CO)[C@@H](O)[C@H](O)[C@@H]2O)[C@@H]1O. The number of imide groups is 1. The number of nitrogens with zero attached hydrogens (tertiary/aromatic N) is 1. The normalized spacial score (nSPS) is 35.0. The summed E-state index contributed by atoms with van der Waals surface area (Å²) in [6.07, 6.45) is -12.8. The number of ether oxygens (including phenoxy) is 6. The van der Waals surface area contributed by atoms with Gasteiger partial charge in [-0.15, -0.1) is 5.06 Å². The second kappa shape index (κ2) is 27.2. The Kier molecular flexibility index (Phi) is 22.9. The van der Waals surface area contributed by atoms with Crippen LogP contribution in [0, 0.1) is 0 Å². The van der Waals surface area contributed by atoms with E-state index in [2.05, 4.69) is 5.32 Å². The molecule has 364 valence electrons. The highest BCUT2D eigenvalue weighted by molar-refractivity contribution is 6.01. The highest BCUT2D eigenvalue weighted by atomic mass is 16.8. The Hall–Kier alpha value is -2.56. The molecule has 63 heavy (non-hydrogen) atoms. The third-order valence-electron chi connectivity index (χ3n) is 11.5. The topological polar surface area (TPSA) is 350 Å². The van der Waals surface area contributed by atoms with Gasteiger partial charge in [0.05, 0.1) is 26.4 Å². The van der Waals surface area contributed by atoms with Crippen molar-refractivity contribution in [2.24, 2.45) is 0 Å². The summed E-state index contributed by atoms with van der Waals surface area (Å²) in [6, 6.07) is 0. The van der Waals surface area contributed by atoms with E-state index in [1.165, 1.54) is 0 Å². The fourth-order valence-electron chi connectivity index (χ4n) is 7.65. The number of carbonyl (C=O) groups excluding carboxylic acids is 4. The van der Waals surface area contributed by atoms with Crippen LogP contribution in [-0.2, 0) is 52.4 Å². The molecular formula is C40H68N2O21. The standard InChI is InChI=1S/C40H68N2O21/c43-19-22-29(49)32(52)34(54)38(59-22)58-21-24-31(51)37(62-40-35(55)33(53)30(50)23(20-44)60-40)36(56)39(61-24)57-18-17-41-25(45)13-11-9-7-5-3-1-2-4-6-8-10-12-14-28(48)63-42-26(46)15-16-27(42)47/h22-24,29-40,43-44,49-56H,1-21H2,(H,41,45)/t22-,23-,24-,29-,30-,31-,32+,33+,34+,35+,36+,37+,38+,39+,40-/m1/s1. The number of amides is 3. The Bertz CT molecular complexity index is 1380. The average molecular weight is 913 g/mol. The average Bonchev–Trinajstić information content (AvgIpc) is 3.58. The molecule has 4 fully saturated rings. The van der Waals surface area contributed by atoms with Crippen molar-refractivity contribution >= 4 is 23.7 Å². The van der Waals surface area contributed by atoms with E-state index in [-0.39, 0.29) is 44.7 Å². The predicted molar refractivity (Wildman–Crippen MR) is 210 cm³/mol. The van der Waals surface area contributed by atoms with E-state index in [0.29, 0.717) is 17.9 Å². The molecule has 23 nitrogen and oxygen atoms in total. The minimum absolute atomic E-state index is 0.00778. The number of unbranched alkanes of at least 4 members (excludes halogenated alkanes) is 11. The Morgan fingerprint density at radius 2 is 1.02 bits per heavy atom. The first-order chi connectivity index (χ1) is 30.2. The van der Waals surface area contributed by atoms with E-state index < -0.39 is 130 Å². The highest BCUT2D eigenvalue weighted by Crippen LogP contribution is 2.31. The summed E-state index contributed by atoms with van der Waals surface area (Å²) in [7, 11) is 0. The second-order valence-electron chi connectivity index (χ2n) is 16.4. The van der Waals surface area contributed by atoms with E-state index in [1.807, 2.05) is 0 Å². The summed E-state index contributed by atoms with van der Waals surface area (Å²) in [5.74, 6) is -1.75. The van der Waals surface area contributed by atoms with Crippen molar-refractivity contribution in [3.63, 3.8) is 0 Å². The van der Waals surface area contributed by atoms with Crippen molar-refractivity contribution in [1.82, 2.24) is 10.4 Å². The number of aliphatic hydroxyl groups excluding tert-OH is 10. The smallest absolute Gasteiger partial charge is 0.333 e. The van der Waals surface area contributed by atoms with Gasteiger partial charge in [-0.05, 0) is 12.8 Å². The van der Waals surface area contributed by atoms with Crippen molar-refractivity contribution in [2.45, 2.75) is 195 Å². The summed E-state index contributed by atoms with van der Waals surface area (Å²) in [5.41, 5.74) is 0. The lowest BCUT2D eigenvalue weighted by atomic mass is 9.96. The minimum atomic E-state index is -1.89. The first-order valence-corrected chi connectivity index (χ1v) is 22.0. The van der Waals surface area contributed by atoms with Crippen molar-refractivity contribution in [3.8, 4) is 0 Å². The molecule has 23 heteroatoms. The molecular weight excluding hydrogens is 844 g/mol. The maximum atomic E-state index is 12.5. The quantitative estimate of drug-likeness (QED) is 0.0283. The monoisotopic (exact) mass is 912 g/mol. The predicted octanol–water partition coefficient (Wildman–Crippen LogP) is -3.36. The lowest BCUT2D eigenvalue weighted by Gasteiger charge is -2.46. The Morgan fingerprint density at radius 3 is 1.56 bits per heavy atom. The molecule has 3 amide bonds.